The number of carbonyl (C=O) groups is 1. The van der Waals surface area contributed by atoms with Crippen molar-refractivity contribution in [3.8, 4) is 0 Å². The number of halogens is 1. The molecule has 0 aliphatic heterocycles. The molecule has 0 unspecified atom stereocenters. The van der Waals surface area contributed by atoms with E-state index in [0.717, 1.165) is 5.56 Å². The lowest BCUT2D eigenvalue weighted by atomic mass is 9.85. The van der Waals surface area contributed by atoms with Crippen molar-refractivity contribution >= 4 is 17.5 Å². The molecular formula is C12H17ClN2O. The molecule has 0 aliphatic rings. The minimum Gasteiger partial charge on any atom is -0.355 e. The van der Waals surface area contributed by atoms with Crippen LogP contribution in [0.25, 0.3) is 0 Å². The van der Waals surface area contributed by atoms with E-state index in [9.17, 15) is 4.79 Å². The number of amides is 1. The maximum absolute atomic E-state index is 11.3. The quantitative estimate of drug-likeness (QED) is 0.801. The summed E-state index contributed by atoms with van der Waals surface area (Å²) in [5.74, 6) is 0.360. The molecule has 0 saturated heterocycles. The fourth-order valence-electron chi connectivity index (χ4n) is 1.40. The van der Waals surface area contributed by atoms with E-state index in [1.54, 1.807) is 12.4 Å². The topological polar surface area (TPSA) is 42.0 Å². The van der Waals surface area contributed by atoms with Crippen LogP contribution < -0.4 is 5.32 Å². The molecule has 16 heavy (non-hydrogen) atoms. The first kappa shape index (κ1) is 13.0. The molecule has 88 valence electrons. The highest BCUT2D eigenvalue weighted by molar-refractivity contribution is 6.18. The first-order valence-electron chi connectivity index (χ1n) is 5.29. The highest BCUT2D eigenvalue weighted by atomic mass is 35.5. The number of hydrogen-bond donors (Lipinski definition) is 1. The van der Waals surface area contributed by atoms with Gasteiger partial charge in [0.1, 0.15) is 0 Å². The van der Waals surface area contributed by atoms with Crippen LogP contribution in [0.1, 0.15) is 25.8 Å². The van der Waals surface area contributed by atoms with Gasteiger partial charge in [-0.1, -0.05) is 13.8 Å². The third-order valence-corrected chi connectivity index (χ3v) is 2.70. The highest BCUT2D eigenvalue weighted by Gasteiger charge is 2.20. The van der Waals surface area contributed by atoms with Crippen LogP contribution in [-0.2, 0) is 10.2 Å². The number of aromatic nitrogens is 1. The van der Waals surface area contributed by atoms with E-state index in [1.165, 1.54) is 0 Å². The molecular weight excluding hydrogens is 224 g/mol. The Morgan fingerprint density at radius 3 is 2.62 bits per heavy atom. The van der Waals surface area contributed by atoms with Crippen LogP contribution in [0.2, 0.25) is 0 Å². The van der Waals surface area contributed by atoms with Gasteiger partial charge in [-0.2, -0.15) is 0 Å². The summed E-state index contributed by atoms with van der Waals surface area (Å²) in [6.07, 6.45) is 3.89. The predicted octanol–water partition coefficient (Wildman–Crippen LogP) is 2.10. The van der Waals surface area contributed by atoms with Gasteiger partial charge in [-0.05, 0) is 17.7 Å². The van der Waals surface area contributed by atoms with Crippen LogP contribution in [0.5, 0.6) is 0 Å². The van der Waals surface area contributed by atoms with Gasteiger partial charge in [-0.25, -0.2) is 0 Å². The highest BCUT2D eigenvalue weighted by Crippen LogP contribution is 2.21. The lowest BCUT2D eigenvalue weighted by Gasteiger charge is -2.25. The molecule has 0 saturated carbocycles. The Labute approximate surface area is 101 Å². The van der Waals surface area contributed by atoms with Crippen LogP contribution >= 0.6 is 11.6 Å². The van der Waals surface area contributed by atoms with Crippen LogP contribution in [0.15, 0.2) is 24.5 Å². The van der Waals surface area contributed by atoms with Crippen molar-refractivity contribution < 1.29 is 4.79 Å². The molecule has 0 fully saturated rings. The first-order chi connectivity index (χ1) is 7.56. The number of nitrogens with zero attached hydrogens (tertiary/aromatic N) is 1. The second-order valence-corrected chi connectivity index (χ2v) is 4.71. The molecule has 0 atom stereocenters. The maximum Gasteiger partial charge on any atom is 0.221 e. The molecule has 1 rings (SSSR count). The summed E-state index contributed by atoms with van der Waals surface area (Å²) in [4.78, 5) is 15.3. The second kappa shape index (κ2) is 5.85. The Kier molecular flexibility index (Phi) is 4.74. The fourth-order valence-corrected chi connectivity index (χ4v) is 1.57. The van der Waals surface area contributed by atoms with Crippen molar-refractivity contribution in [1.29, 1.82) is 0 Å². The molecule has 0 bridgehead atoms. The summed E-state index contributed by atoms with van der Waals surface area (Å²) in [6.45, 7) is 4.78. The van der Waals surface area contributed by atoms with E-state index in [2.05, 4.69) is 24.1 Å². The molecule has 0 aliphatic carbocycles. The van der Waals surface area contributed by atoms with Gasteiger partial charge >= 0.3 is 0 Å². The average Bonchev–Trinajstić information content (AvgIpc) is 2.28. The minimum atomic E-state index is -0.0923. The Morgan fingerprint density at radius 1 is 1.44 bits per heavy atom. The third-order valence-electron chi connectivity index (χ3n) is 2.51. The maximum atomic E-state index is 11.3. The molecule has 0 spiro atoms. The third kappa shape index (κ3) is 3.81. The number of alkyl halides is 1. The molecule has 1 N–H and O–H groups in total. The van der Waals surface area contributed by atoms with E-state index in [-0.39, 0.29) is 11.3 Å². The summed E-state index contributed by atoms with van der Waals surface area (Å²) in [5.41, 5.74) is 1.07. The van der Waals surface area contributed by atoms with Gasteiger partial charge in [-0.15, -0.1) is 11.6 Å². The predicted molar refractivity (Wildman–Crippen MR) is 65.6 cm³/mol. The molecule has 1 amide bonds. The molecule has 4 heteroatoms. The van der Waals surface area contributed by atoms with Gasteiger partial charge in [0.15, 0.2) is 0 Å². The SMILES string of the molecule is CC(C)(CNC(=O)CCCl)c1ccncc1. The lowest BCUT2D eigenvalue weighted by Crippen LogP contribution is -2.36. The monoisotopic (exact) mass is 240 g/mol. The minimum absolute atomic E-state index is 0.00266. The van der Waals surface area contributed by atoms with E-state index in [0.29, 0.717) is 18.8 Å². The smallest absolute Gasteiger partial charge is 0.221 e. The Balaban J connectivity index is 2.55. The zero-order valence-electron chi connectivity index (χ0n) is 9.66. The number of hydrogen-bond acceptors (Lipinski definition) is 2. The molecule has 1 heterocycles. The lowest BCUT2D eigenvalue weighted by molar-refractivity contribution is -0.120. The van der Waals surface area contributed by atoms with Gasteiger partial charge in [-0.3, -0.25) is 9.78 Å². The van der Waals surface area contributed by atoms with Crippen LogP contribution in [0.4, 0.5) is 0 Å². The molecule has 1 aromatic heterocycles. The number of nitrogens with one attached hydrogen (secondary N) is 1. The fraction of sp³-hybridized carbons (Fsp3) is 0.500. The van der Waals surface area contributed by atoms with Crippen molar-refractivity contribution in [3.63, 3.8) is 0 Å². The van der Waals surface area contributed by atoms with Gasteiger partial charge < -0.3 is 5.32 Å². The Bertz CT molecular complexity index is 338. The van der Waals surface area contributed by atoms with Crippen molar-refractivity contribution in [1.82, 2.24) is 10.3 Å². The largest absolute Gasteiger partial charge is 0.355 e. The van der Waals surface area contributed by atoms with Crippen molar-refractivity contribution in [3.05, 3.63) is 30.1 Å². The molecule has 0 aromatic carbocycles. The molecule has 1 aromatic rings. The summed E-state index contributed by atoms with van der Waals surface area (Å²) < 4.78 is 0. The van der Waals surface area contributed by atoms with Crippen molar-refractivity contribution in [2.24, 2.45) is 0 Å². The van der Waals surface area contributed by atoms with Crippen molar-refractivity contribution in [2.75, 3.05) is 12.4 Å². The van der Waals surface area contributed by atoms with E-state index in [4.69, 9.17) is 11.6 Å². The number of rotatable bonds is 5. The molecule has 3 nitrogen and oxygen atoms in total. The van der Waals surface area contributed by atoms with Crippen molar-refractivity contribution in [2.45, 2.75) is 25.7 Å². The van der Waals surface area contributed by atoms with Crippen LogP contribution in [-0.4, -0.2) is 23.3 Å². The summed E-state index contributed by atoms with van der Waals surface area (Å²) >= 11 is 5.49. The number of carbonyl (C=O) groups excluding carboxylic acids is 1. The Hall–Kier alpha value is -1.09. The standard InChI is InChI=1S/C12H17ClN2O/c1-12(2,9-15-11(16)3-6-13)10-4-7-14-8-5-10/h4-5,7-8H,3,6,9H2,1-2H3,(H,15,16). The number of pyridine rings is 1. The summed E-state index contributed by atoms with van der Waals surface area (Å²) in [5, 5.41) is 2.88. The van der Waals surface area contributed by atoms with Crippen LogP contribution in [0, 0.1) is 0 Å². The normalized spacial score (nSPS) is 11.2. The van der Waals surface area contributed by atoms with Gasteiger partial charge in [0.05, 0.1) is 0 Å². The molecule has 0 radical (unpaired) electrons. The van der Waals surface area contributed by atoms with Gasteiger partial charge in [0.25, 0.3) is 0 Å². The Morgan fingerprint density at radius 2 is 2.06 bits per heavy atom. The second-order valence-electron chi connectivity index (χ2n) is 4.34. The van der Waals surface area contributed by atoms with E-state index < -0.39 is 0 Å². The van der Waals surface area contributed by atoms with Gasteiger partial charge in [0, 0.05) is 36.7 Å². The summed E-state index contributed by atoms with van der Waals surface area (Å²) in [6, 6.07) is 3.93. The zero-order valence-corrected chi connectivity index (χ0v) is 10.4. The van der Waals surface area contributed by atoms with E-state index in [1.807, 2.05) is 12.1 Å². The first-order valence-corrected chi connectivity index (χ1v) is 5.83. The van der Waals surface area contributed by atoms with Gasteiger partial charge in [0.2, 0.25) is 5.91 Å². The average molecular weight is 241 g/mol. The summed E-state index contributed by atoms with van der Waals surface area (Å²) in [7, 11) is 0. The van der Waals surface area contributed by atoms with Crippen LogP contribution in [0.3, 0.4) is 0 Å². The van der Waals surface area contributed by atoms with E-state index >= 15 is 0 Å². The zero-order chi connectivity index (χ0) is 12.0.